The van der Waals surface area contributed by atoms with Crippen LogP contribution in [0.15, 0.2) is 48.5 Å². The van der Waals surface area contributed by atoms with Crippen molar-refractivity contribution in [1.82, 2.24) is 10.2 Å². The van der Waals surface area contributed by atoms with Gasteiger partial charge in [-0.25, -0.2) is 8.42 Å². The molecule has 0 aliphatic rings. The summed E-state index contributed by atoms with van der Waals surface area (Å²) >= 11 is 0. The Kier molecular flexibility index (Phi) is 11.0. The van der Waals surface area contributed by atoms with Crippen molar-refractivity contribution in [3.05, 3.63) is 65.2 Å². The maximum atomic E-state index is 13.3. The van der Waals surface area contributed by atoms with Crippen LogP contribution >= 0.6 is 0 Å². The molecule has 0 bridgehead atoms. The van der Waals surface area contributed by atoms with E-state index in [2.05, 4.69) is 5.32 Å². The predicted molar refractivity (Wildman–Crippen MR) is 146 cm³/mol. The van der Waals surface area contributed by atoms with Crippen LogP contribution in [0.4, 0.5) is 5.69 Å². The van der Waals surface area contributed by atoms with Gasteiger partial charge >= 0.3 is 0 Å². The number of aryl methyl sites for hydroxylation is 2. The van der Waals surface area contributed by atoms with Crippen LogP contribution in [0.2, 0.25) is 0 Å². The fourth-order valence-corrected chi connectivity index (χ4v) is 4.81. The zero-order valence-electron chi connectivity index (χ0n) is 22.5. The van der Waals surface area contributed by atoms with Gasteiger partial charge in [-0.2, -0.15) is 0 Å². The van der Waals surface area contributed by atoms with Crippen LogP contribution in [-0.2, 0) is 32.6 Å². The van der Waals surface area contributed by atoms with Crippen molar-refractivity contribution in [2.24, 2.45) is 0 Å². The van der Waals surface area contributed by atoms with Crippen molar-refractivity contribution in [3.63, 3.8) is 0 Å². The summed E-state index contributed by atoms with van der Waals surface area (Å²) in [6, 6.07) is 14.7. The molecule has 0 radical (unpaired) electrons. The van der Waals surface area contributed by atoms with Crippen LogP contribution in [0.25, 0.3) is 0 Å². The number of carbonyl (C=O) groups excluding carboxylic acids is 2. The van der Waals surface area contributed by atoms with Gasteiger partial charge in [0.2, 0.25) is 21.8 Å². The Morgan fingerprint density at radius 2 is 1.53 bits per heavy atom. The zero-order chi connectivity index (χ0) is 26.9. The smallest absolute Gasteiger partial charge is 0.242 e. The summed E-state index contributed by atoms with van der Waals surface area (Å²) in [5.41, 5.74) is 3.76. The summed E-state index contributed by atoms with van der Waals surface area (Å²) in [7, 11) is -3.51. The largest absolute Gasteiger partial charge is 0.352 e. The molecule has 198 valence electrons. The Bertz CT molecular complexity index is 1100. The number of rotatable bonds is 13. The van der Waals surface area contributed by atoms with Gasteiger partial charge in [-0.05, 0) is 63.3 Å². The lowest BCUT2D eigenvalue weighted by molar-refractivity contribution is -0.140. The van der Waals surface area contributed by atoms with E-state index in [0.29, 0.717) is 18.7 Å². The molecular weight excluding hydrogens is 474 g/mol. The minimum absolute atomic E-state index is 0.0127. The Morgan fingerprint density at radius 3 is 2.06 bits per heavy atom. The molecule has 2 atom stereocenters. The Hall–Kier alpha value is -2.87. The fraction of sp³-hybridized carbons (Fsp3) is 0.500. The number of amides is 2. The molecule has 0 heterocycles. The van der Waals surface area contributed by atoms with Crippen molar-refractivity contribution in [2.75, 3.05) is 17.1 Å². The van der Waals surface area contributed by atoms with Gasteiger partial charge in [0, 0.05) is 25.6 Å². The number of benzene rings is 2. The molecule has 0 spiro atoms. The minimum atomic E-state index is -3.51. The molecular formula is C28H41N3O4S. The first-order valence-electron chi connectivity index (χ1n) is 12.7. The lowest BCUT2D eigenvalue weighted by atomic mass is 10.1. The van der Waals surface area contributed by atoms with E-state index in [-0.39, 0.29) is 30.8 Å². The molecule has 2 amide bonds. The highest BCUT2D eigenvalue weighted by molar-refractivity contribution is 7.92. The normalized spacial score (nSPS) is 13.1. The second-order valence-corrected chi connectivity index (χ2v) is 11.4. The molecule has 2 rings (SSSR count). The summed E-state index contributed by atoms with van der Waals surface area (Å²) in [6.07, 6.45) is 3.31. The SMILES string of the molecule is CCc1ccc(N(CCCC(=O)N(Cc2ccc(C)cc2)C(C)C(=O)NC(C)CC)S(C)(=O)=O)cc1. The lowest BCUT2D eigenvalue weighted by Crippen LogP contribution is -2.49. The number of hydrogen-bond donors (Lipinski definition) is 1. The minimum Gasteiger partial charge on any atom is -0.352 e. The Morgan fingerprint density at radius 1 is 0.944 bits per heavy atom. The highest BCUT2D eigenvalue weighted by Crippen LogP contribution is 2.20. The van der Waals surface area contributed by atoms with Gasteiger partial charge in [0.15, 0.2) is 0 Å². The van der Waals surface area contributed by atoms with E-state index in [1.54, 1.807) is 24.0 Å². The van der Waals surface area contributed by atoms with Gasteiger partial charge in [0.25, 0.3) is 0 Å². The van der Waals surface area contributed by atoms with Crippen LogP contribution in [0.1, 0.15) is 63.6 Å². The van der Waals surface area contributed by atoms with Crippen molar-refractivity contribution >= 4 is 27.5 Å². The quantitative estimate of drug-likeness (QED) is 0.427. The highest BCUT2D eigenvalue weighted by atomic mass is 32.2. The average Bonchev–Trinajstić information content (AvgIpc) is 2.85. The molecule has 0 aliphatic carbocycles. The molecule has 0 aliphatic heterocycles. The average molecular weight is 516 g/mol. The first kappa shape index (κ1) is 29.4. The Balaban J connectivity index is 2.16. The molecule has 2 unspecified atom stereocenters. The van der Waals surface area contributed by atoms with Gasteiger partial charge in [-0.15, -0.1) is 0 Å². The van der Waals surface area contributed by atoms with E-state index in [0.717, 1.165) is 29.5 Å². The van der Waals surface area contributed by atoms with Crippen molar-refractivity contribution < 1.29 is 18.0 Å². The number of hydrogen-bond acceptors (Lipinski definition) is 4. The van der Waals surface area contributed by atoms with Crippen LogP contribution in [0.3, 0.4) is 0 Å². The molecule has 0 saturated heterocycles. The van der Waals surface area contributed by atoms with Gasteiger partial charge in [0.05, 0.1) is 11.9 Å². The summed E-state index contributed by atoms with van der Waals surface area (Å²) in [6.45, 7) is 10.2. The predicted octanol–water partition coefficient (Wildman–Crippen LogP) is 4.44. The van der Waals surface area contributed by atoms with E-state index in [1.165, 1.54) is 10.6 Å². The summed E-state index contributed by atoms with van der Waals surface area (Å²) in [4.78, 5) is 27.8. The summed E-state index contributed by atoms with van der Waals surface area (Å²) in [5.74, 6) is -0.379. The van der Waals surface area contributed by atoms with E-state index in [1.807, 2.05) is 64.1 Å². The third kappa shape index (κ3) is 8.66. The zero-order valence-corrected chi connectivity index (χ0v) is 23.3. The molecule has 2 aromatic carbocycles. The van der Waals surface area contributed by atoms with Crippen LogP contribution in [0.5, 0.6) is 0 Å². The number of carbonyl (C=O) groups is 2. The third-order valence-electron chi connectivity index (χ3n) is 6.43. The van der Waals surface area contributed by atoms with E-state index < -0.39 is 16.1 Å². The molecule has 2 aromatic rings. The fourth-order valence-electron chi connectivity index (χ4n) is 3.84. The van der Waals surface area contributed by atoms with Crippen LogP contribution < -0.4 is 9.62 Å². The van der Waals surface area contributed by atoms with Crippen molar-refractivity contribution in [2.45, 2.75) is 78.9 Å². The van der Waals surface area contributed by atoms with Gasteiger partial charge in [-0.3, -0.25) is 13.9 Å². The molecule has 8 heteroatoms. The van der Waals surface area contributed by atoms with Gasteiger partial charge in [-0.1, -0.05) is 55.8 Å². The van der Waals surface area contributed by atoms with Gasteiger partial charge < -0.3 is 10.2 Å². The number of sulfonamides is 1. The summed E-state index contributed by atoms with van der Waals surface area (Å²) in [5, 5.41) is 2.96. The molecule has 0 aromatic heterocycles. The van der Waals surface area contributed by atoms with E-state index in [9.17, 15) is 18.0 Å². The first-order valence-corrected chi connectivity index (χ1v) is 14.5. The second-order valence-electron chi connectivity index (χ2n) is 9.46. The van der Waals surface area contributed by atoms with Crippen LogP contribution in [-0.4, -0.2) is 50.0 Å². The Labute approximate surface area is 216 Å². The monoisotopic (exact) mass is 515 g/mol. The molecule has 0 fully saturated rings. The number of nitrogens with zero attached hydrogens (tertiary/aromatic N) is 2. The lowest BCUT2D eigenvalue weighted by Gasteiger charge is -2.30. The third-order valence-corrected chi connectivity index (χ3v) is 7.62. The van der Waals surface area contributed by atoms with Crippen LogP contribution in [0, 0.1) is 6.92 Å². The maximum Gasteiger partial charge on any atom is 0.242 e. The topological polar surface area (TPSA) is 86.8 Å². The number of anilines is 1. The molecule has 1 N–H and O–H groups in total. The van der Waals surface area contributed by atoms with E-state index in [4.69, 9.17) is 0 Å². The molecule has 0 saturated carbocycles. The van der Waals surface area contributed by atoms with Crippen molar-refractivity contribution in [3.8, 4) is 0 Å². The first-order chi connectivity index (χ1) is 17.0. The van der Waals surface area contributed by atoms with Gasteiger partial charge in [0.1, 0.15) is 6.04 Å². The maximum absolute atomic E-state index is 13.3. The molecule has 36 heavy (non-hydrogen) atoms. The van der Waals surface area contributed by atoms with E-state index >= 15 is 0 Å². The second kappa shape index (κ2) is 13.4. The number of nitrogens with one attached hydrogen (secondary N) is 1. The standard InChI is InChI=1S/C28H41N3O4S/c1-7-22(4)29-28(33)23(5)30(20-25-13-11-21(3)12-14-25)27(32)10-9-19-31(36(6,34)35)26-17-15-24(8-2)16-18-26/h11-18,22-23H,7-10,19-20H2,1-6H3,(H,29,33). The summed E-state index contributed by atoms with van der Waals surface area (Å²) < 4.78 is 26.3. The highest BCUT2D eigenvalue weighted by Gasteiger charge is 2.27. The molecule has 7 nitrogen and oxygen atoms in total. The van der Waals surface area contributed by atoms with Crippen molar-refractivity contribution in [1.29, 1.82) is 0 Å².